The first-order valence-corrected chi connectivity index (χ1v) is 27.2. The van der Waals surface area contributed by atoms with E-state index in [-0.39, 0.29) is 31.1 Å². The molecule has 0 aliphatic rings. The molecule has 0 aliphatic heterocycles. The number of rotatable bonds is 48. The van der Waals surface area contributed by atoms with E-state index in [0.29, 0.717) is 19.3 Å². The van der Waals surface area contributed by atoms with Crippen molar-refractivity contribution in [3.05, 3.63) is 97.2 Å². The summed E-state index contributed by atoms with van der Waals surface area (Å²) >= 11 is 0. The highest BCUT2D eigenvalue weighted by Gasteiger charge is 2.19. The van der Waals surface area contributed by atoms with E-state index in [1.54, 1.807) is 0 Å². The standard InChI is InChI=1S/C60H100O6/c1-4-7-10-13-16-19-21-22-23-24-25-26-27-28-29-30-31-32-33-34-35-36-37-38-40-41-44-47-50-53-59(62)65-56-57(55-64-58(61)52-49-46-43-18-15-12-9-6-3)66-60(63)54-51-48-45-42-39-20-17-14-11-8-5-2/h7,10,16,19,22-23,25-26,28-29,31-32,34-35,37-38,57H,4-6,8-9,11-15,17-18,20-21,24,27,30,33,36,39-56H2,1-3H3/b10-7-,19-16-,23-22-,26-25-,29-28-,32-31-,35-34-,38-37-. The van der Waals surface area contributed by atoms with Crippen LogP contribution in [0, 0.1) is 0 Å². The van der Waals surface area contributed by atoms with Crippen LogP contribution in [0.25, 0.3) is 0 Å². The smallest absolute Gasteiger partial charge is 0.306 e. The largest absolute Gasteiger partial charge is 0.462 e. The van der Waals surface area contributed by atoms with Gasteiger partial charge in [-0.05, 0) is 83.5 Å². The topological polar surface area (TPSA) is 78.9 Å². The minimum Gasteiger partial charge on any atom is -0.462 e. The fourth-order valence-electron chi connectivity index (χ4n) is 7.28. The van der Waals surface area contributed by atoms with Gasteiger partial charge in [0.15, 0.2) is 6.10 Å². The van der Waals surface area contributed by atoms with Crippen LogP contribution in [0.1, 0.15) is 245 Å². The molecule has 376 valence electrons. The Bertz CT molecular complexity index is 1330. The third-order valence-electron chi connectivity index (χ3n) is 11.4. The minimum atomic E-state index is -0.782. The van der Waals surface area contributed by atoms with Crippen molar-refractivity contribution in [2.24, 2.45) is 0 Å². The highest BCUT2D eigenvalue weighted by molar-refractivity contribution is 5.71. The van der Waals surface area contributed by atoms with Crippen molar-refractivity contribution < 1.29 is 28.6 Å². The van der Waals surface area contributed by atoms with Gasteiger partial charge in [-0.25, -0.2) is 0 Å². The van der Waals surface area contributed by atoms with Crippen LogP contribution in [0.4, 0.5) is 0 Å². The predicted molar refractivity (Wildman–Crippen MR) is 284 cm³/mol. The highest BCUT2D eigenvalue weighted by atomic mass is 16.6. The van der Waals surface area contributed by atoms with Crippen LogP contribution in [-0.4, -0.2) is 37.2 Å². The number of carbonyl (C=O) groups is 3. The Hall–Kier alpha value is -3.67. The van der Waals surface area contributed by atoms with Crippen molar-refractivity contribution in [2.45, 2.75) is 252 Å². The van der Waals surface area contributed by atoms with E-state index in [0.717, 1.165) is 122 Å². The summed E-state index contributed by atoms with van der Waals surface area (Å²) in [6, 6.07) is 0. The monoisotopic (exact) mass is 917 g/mol. The first-order valence-electron chi connectivity index (χ1n) is 27.2. The zero-order valence-electron chi connectivity index (χ0n) is 42.9. The van der Waals surface area contributed by atoms with E-state index < -0.39 is 6.10 Å². The van der Waals surface area contributed by atoms with Gasteiger partial charge in [0, 0.05) is 19.3 Å². The molecule has 0 aromatic rings. The molecule has 0 saturated carbocycles. The van der Waals surface area contributed by atoms with Gasteiger partial charge >= 0.3 is 17.9 Å². The zero-order chi connectivity index (χ0) is 47.9. The molecule has 6 nitrogen and oxygen atoms in total. The lowest BCUT2D eigenvalue weighted by molar-refractivity contribution is -0.167. The van der Waals surface area contributed by atoms with Gasteiger partial charge in [-0.2, -0.15) is 0 Å². The fourth-order valence-corrected chi connectivity index (χ4v) is 7.28. The average Bonchev–Trinajstić information content (AvgIpc) is 3.31. The molecule has 0 aliphatic carbocycles. The quantitative estimate of drug-likeness (QED) is 0.0262. The van der Waals surface area contributed by atoms with Crippen LogP contribution in [0.3, 0.4) is 0 Å². The van der Waals surface area contributed by atoms with Crippen molar-refractivity contribution >= 4 is 17.9 Å². The second-order valence-electron chi connectivity index (χ2n) is 17.8. The summed E-state index contributed by atoms with van der Waals surface area (Å²) in [7, 11) is 0. The Labute approximate surface area is 407 Å². The maximum Gasteiger partial charge on any atom is 0.306 e. The Morgan fingerprint density at radius 3 is 0.924 bits per heavy atom. The van der Waals surface area contributed by atoms with Crippen molar-refractivity contribution in [3.63, 3.8) is 0 Å². The second-order valence-corrected chi connectivity index (χ2v) is 17.8. The molecule has 1 unspecified atom stereocenters. The Morgan fingerprint density at radius 2 is 0.591 bits per heavy atom. The molecular formula is C60H100O6. The lowest BCUT2D eigenvalue weighted by Crippen LogP contribution is -2.30. The van der Waals surface area contributed by atoms with Gasteiger partial charge in [-0.15, -0.1) is 0 Å². The molecule has 0 heterocycles. The molecule has 0 aromatic carbocycles. The summed E-state index contributed by atoms with van der Waals surface area (Å²) in [5, 5.41) is 0. The fraction of sp³-hybridized carbons (Fsp3) is 0.683. The molecule has 0 aromatic heterocycles. The number of allylic oxidation sites excluding steroid dienone is 16. The predicted octanol–water partition coefficient (Wildman–Crippen LogP) is 18.1. The normalized spacial score (nSPS) is 12.8. The molecule has 0 amide bonds. The first kappa shape index (κ1) is 62.3. The van der Waals surface area contributed by atoms with E-state index >= 15 is 0 Å². The molecule has 0 rings (SSSR count). The van der Waals surface area contributed by atoms with E-state index in [1.807, 2.05) is 0 Å². The number of carbonyl (C=O) groups excluding carboxylic acids is 3. The van der Waals surface area contributed by atoms with Gasteiger partial charge in [0.05, 0.1) is 0 Å². The van der Waals surface area contributed by atoms with E-state index in [4.69, 9.17) is 14.2 Å². The van der Waals surface area contributed by atoms with Crippen LogP contribution in [0.2, 0.25) is 0 Å². The number of unbranched alkanes of at least 4 members (excludes halogenated alkanes) is 21. The summed E-state index contributed by atoms with van der Waals surface area (Å²) in [5.41, 5.74) is 0. The summed E-state index contributed by atoms with van der Waals surface area (Å²) in [4.78, 5) is 37.8. The van der Waals surface area contributed by atoms with Gasteiger partial charge in [0.1, 0.15) is 13.2 Å². The van der Waals surface area contributed by atoms with Crippen LogP contribution in [0.15, 0.2) is 97.2 Å². The summed E-state index contributed by atoms with van der Waals surface area (Å²) < 4.78 is 16.7. The van der Waals surface area contributed by atoms with E-state index in [9.17, 15) is 14.4 Å². The van der Waals surface area contributed by atoms with E-state index in [2.05, 4.69) is 118 Å². The summed E-state index contributed by atoms with van der Waals surface area (Å²) in [6.07, 6.45) is 71.3. The molecule has 1 atom stereocenters. The van der Waals surface area contributed by atoms with Crippen LogP contribution < -0.4 is 0 Å². The Morgan fingerprint density at radius 1 is 0.318 bits per heavy atom. The SMILES string of the molecule is CC/C=C\C/C=C\C/C=C\C/C=C\C/C=C\C/C=C\C/C=C\C/C=C\CCCCCCC(=O)OCC(COC(=O)CCCCCCCCCC)OC(=O)CCCCCCCCCCCCC. The molecule has 66 heavy (non-hydrogen) atoms. The first-order chi connectivity index (χ1) is 32.5. The van der Waals surface area contributed by atoms with Crippen molar-refractivity contribution in [2.75, 3.05) is 13.2 Å². The molecule has 6 heteroatoms. The van der Waals surface area contributed by atoms with Crippen molar-refractivity contribution in [3.8, 4) is 0 Å². The van der Waals surface area contributed by atoms with Crippen LogP contribution in [0.5, 0.6) is 0 Å². The third kappa shape index (κ3) is 51.3. The molecule has 0 N–H and O–H groups in total. The van der Waals surface area contributed by atoms with Gasteiger partial charge in [-0.1, -0.05) is 240 Å². The minimum absolute atomic E-state index is 0.0834. The number of esters is 3. The molecule has 0 radical (unpaired) electrons. The second kappa shape index (κ2) is 53.9. The molecule has 0 saturated heterocycles. The molecule has 0 bridgehead atoms. The highest BCUT2D eigenvalue weighted by Crippen LogP contribution is 2.14. The van der Waals surface area contributed by atoms with Crippen molar-refractivity contribution in [1.29, 1.82) is 0 Å². The zero-order valence-corrected chi connectivity index (χ0v) is 42.9. The van der Waals surface area contributed by atoms with Gasteiger partial charge in [-0.3, -0.25) is 14.4 Å². The lowest BCUT2D eigenvalue weighted by atomic mass is 10.1. The maximum atomic E-state index is 12.7. The van der Waals surface area contributed by atoms with Crippen LogP contribution >= 0.6 is 0 Å². The van der Waals surface area contributed by atoms with Crippen molar-refractivity contribution in [1.82, 2.24) is 0 Å². The average molecular weight is 917 g/mol. The third-order valence-corrected chi connectivity index (χ3v) is 11.4. The number of hydrogen-bond donors (Lipinski definition) is 0. The summed E-state index contributed by atoms with van der Waals surface area (Å²) in [5.74, 6) is -0.915. The van der Waals surface area contributed by atoms with E-state index in [1.165, 1.54) is 83.5 Å². The lowest BCUT2D eigenvalue weighted by Gasteiger charge is -2.18. The summed E-state index contributed by atoms with van der Waals surface area (Å²) in [6.45, 7) is 6.46. The Balaban J connectivity index is 4.23. The van der Waals surface area contributed by atoms with Gasteiger partial charge in [0.2, 0.25) is 0 Å². The maximum absolute atomic E-state index is 12.7. The molecule has 0 fully saturated rings. The van der Waals surface area contributed by atoms with Crippen LogP contribution in [-0.2, 0) is 28.6 Å². The Kier molecular flexibility index (Phi) is 50.9. The number of ether oxygens (including phenoxy) is 3. The molecular weight excluding hydrogens is 817 g/mol. The number of hydrogen-bond acceptors (Lipinski definition) is 6. The van der Waals surface area contributed by atoms with Gasteiger partial charge < -0.3 is 14.2 Å². The molecule has 0 spiro atoms. The van der Waals surface area contributed by atoms with Gasteiger partial charge in [0.25, 0.3) is 0 Å².